The molecule has 0 amide bonds. The zero-order valence-electron chi connectivity index (χ0n) is 16.0. The molecule has 27 heavy (non-hydrogen) atoms. The summed E-state index contributed by atoms with van der Waals surface area (Å²) in [7, 11) is 3.38. The molecule has 1 N–H and O–H groups in total. The van der Waals surface area contributed by atoms with Crippen LogP contribution in [0.5, 0.6) is 11.5 Å². The van der Waals surface area contributed by atoms with E-state index in [0.717, 1.165) is 36.3 Å². The van der Waals surface area contributed by atoms with E-state index in [0.29, 0.717) is 12.8 Å². The van der Waals surface area contributed by atoms with E-state index < -0.39 is 0 Å². The van der Waals surface area contributed by atoms with Gasteiger partial charge in [0.05, 0.1) is 14.2 Å². The lowest BCUT2D eigenvalue weighted by Gasteiger charge is -2.12. The van der Waals surface area contributed by atoms with Crippen molar-refractivity contribution in [2.45, 2.75) is 32.1 Å². The number of hydrogen-bond acceptors (Lipinski definition) is 3. The third-order valence-electron chi connectivity index (χ3n) is 4.87. The van der Waals surface area contributed by atoms with Gasteiger partial charge in [-0.1, -0.05) is 24.0 Å². The molecule has 0 bridgehead atoms. The topological polar surface area (TPSA) is 38.7 Å². The van der Waals surface area contributed by atoms with Crippen molar-refractivity contribution < 1.29 is 14.6 Å². The van der Waals surface area contributed by atoms with Crippen molar-refractivity contribution >= 4 is 11.1 Å². The molecule has 0 spiro atoms. The molecule has 0 atom stereocenters. The number of rotatable bonds is 5. The summed E-state index contributed by atoms with van der Waals surface area (Å²) < 4.78 is 10.7. The maximum atomic E-state index is 9.04. The van der Waals surface area contributed by atoms with Crippen LogP contribution in [0.2, 0.25) is 0 Å². The maximum absolute atomic E-state index is 9.04. The monoisotopic (exact) mass is 362 g/mol. The average molecular weight is 362 g/mol. The first-order valence-electron chi connectivity index (χ1n) is 9.41. The maximum Gasteiger partial charge on any atom is 0.119 e. The summed E-state index contributed by atoms with van der Waals surface area (Å²) in [6.07, 6.45) is 4.46. The van der Waals surface area contributed by atoms with E-state index in [4.69, 9.17) is 14.6 Å². The highest BCUT2D eigenvalue weighted by atomic mass is 16.5. The summed E-state index contributed by atoms with van der Waals surface area (Å²) in [4.78, 5) is 0. The number of fused-ring (bicyclic) bond motifs is 1. The summed E-state index contributed by atoms with van der Waals surface area (Å²) in [5.41, 5.74) is 6.03. The minimum Gasteiger partial charge on any atom is -0.497 e. The summed E-state index contributed by atoms with van der Waals surface area (Å²) in [6, 6.07) is 14.5. The summed E-state index contributed by atoms with van der Waals surface area (Å²) in [5.74, 6) is 8.40. The van der Waals surface area contributed by atoms with Crippen LogP contribution in [0.1, 0.15) is 42.4 Å². The highest BCUT2D eigenvalue weighted by Gasteiger charge is 2.18. The molecule has 0 saturated heterocycles. The summed E-state index contributed by atoms with van der Waals surface area (Å²) >= 11 is 0. The molecule has 1 aliphatic rings. The fourth-order valence-corrected chi connectivity index (χ4v) is 3.43. The Hall–Kier alpha value is -2.70. The van der Waals surface area contributed by atoms with Crippen LogP contribution in [0.25, 0.3) is 11.1 Å². The SMILES string of the molecule is COc1ccc(C2=C(C#CCCCO)c3ccc(OC)cc3CCC2)cc1. The minimum atomic E-state index is 0.173. The number of aryl methyl sites for hydroxylation is 1. The Kier molecular flexibility index (Phi) is 6.57. The van der Waals surface area contributed by atoms with Crippen LogP contribution in [0.3, 0.4) is 0 Å². The molecule has 0 aliphatic heterocycles. The van der Waals surface area contributed by atoms with Crippen LogP contribution in [0.15, 0.2) is 42.5 Å². The molecule has 0 fully saturated rings. The number of methoxy groups -OCH3 is 2. The van der Waals surface area contributed by atoms with Gasteiger partial charge < -0.3 is 14.6 Å². The molecule has 3 rings (SSSR count). The molecule has 0 saturated carbocycles. The second kappa shape index (κ2) is 9.30. The lowest BCUT2D eigenvalue weighted by molar-refractivity contribution is 0.290. The van der Waals surface area contributed by atoms with E-state index in [1.807, 2.05) is 18.2 Å². The van der Waals surface area contributed by atoms with Gasteiger partial charge >= 0.3 is 0 Å². The Balaban J connectivity index is 2.11. The second-order valence-corrected chi connectivity index (χ2v) is 6.59. The third-order valence-corrected chi connectivity index (χ3v) is 4.87. The van der Waals surface area contributed by atoms with E-state index in [-0.39, 0.29) is 6.61 Å². The van der Waals surface area contributed by atoms with Gasteiger partial charge in [0.1, 0.15) is 11.5 Å². The van der Waals surface area contributed by atoms with E-state index in [1.165, 1.54) is 22.3 Å². The predicted molar refractivity (Wildman–Crippen MR) is 110 cm³/mol. The zero-order valence-corrected chi connectivity index (χ0v) is 16.0. The Morgan fingerprint density at radius 2 is 1.70 bits per heavy atom. The van der Waals surface area contributed by atoms with E-state index in [9.17, 15) is 0 Å². The molecule has 0 aromatic heterocycles. The molecular weight excluding hydrogens is 336 g/mol. The van der Waals surface area contributed by atoms with Crippen molar-refractivity contribution in [3.63, 3.8) is 0 Å². The number of aliphatic hydroxyl groups is 1. The van der Waals surface area contributed by atoms with E-state index >= 15 is 0 Å². The van der Waals surface area contributed by atoms with Crippen molar-refractivity contribution in [1.82, 2.24) is 0 Å². The fraction of sp³-hybridized carbons (Fsp3) is 0.333. The van der Waals surface area contributed by atoms with Gasteiger partial charge in [0, 0.05) is 18.6 Å². The smallest absolute Gasteiger partial charge is 0.119 e. The van der Waals surface area contributed by atoms with Crippen molar-refractivity contribution in [1.29, 1.82) is 0 Å². The Morgan fingerprint density at radius 3 is 2.41 bits per heavy atom. The second-order valence-electron chi connectivity index (χ2n) is 6.59. The van der Waals surface area contributed by atoms with E-state index in [1.54, 1.807) is 14.2 Å². The molecule has 3 nitrogen and oxygen atoms in total. The summed E-state index contributed by atoms with van der Waals surface area (Å²) in [5, 5.41) is 9.04. The average Bonchev–Trinajstić information content (AvgIpc) is 2.90. The lowest BCUT2D eigenvalue weighted by atomic mass is 9.92. The van der Waals surface area contributed by atoms with Gasteiger partial charge in [-0.3, -0.25) is 0 Å². The van der Waals surface area contributed by atoms with Gasteiger partial charge in [0.25, 0.3) is 0 Å². The number of aliphatic hydroxyl groups excluding tert-OH is 1. The number of allylic oxidation sites excluding steroid dienone is 2. The van der Waals surface area contributed by atoms with Gasteiger partial charge in [-0.2, -0.15) is 0 Å². The highest BCUT2D eigenvalue weighted by Crippen LogP contribution is 2.37. The third kappa shape index (κ3) is 4.53. The van der Waals surface area contributed by atoms with E-state index in [2.05, 4.69) is 36.1 Å². The van der Waals surface area contributed by atoms with Gasteiger partial charge in [0.15, 0.2) is 0 Å². The molecule has 1 aliphatic carbocycles. The highest BCUT2D eigenvalue weighted by molar-refractivity contribution is 5.99. The first-order valence-corrected chi connectivity index (χ1v) is 9.41. The van der Waals surface area contributed by atoms with Crippen molar-refractivity contribution in [3.05, 3.63) is 59.2 Å². The van der Waals surface area contributed by atoms with Crippen LogP contribution >= 0.6 is 0 Å². The fourth-order valence-electron chi connectivity index (χ4n) is 3.43. The molecule has 0 heterocycles. The largest absolute Gasteiger partial charge is 0.497 e. The minimum absolute atomic E-state index is 0.173. The van der Waals surface area contributed by atoms with Gasteiger partial charge in [0.2, 0.25) is 0 Å². The number of ether oxygens (including phenoxy) is 2. The standard InChI is InChI=1S/C24H26O3/c1-26-20-12-10-18(11-13-20)22-9-6-7-19-17-21(27-2)14-15-23(19)24(22)8-4-3-5-16-25/h10-15,17,25H,3,5-7,9,16H2,1-2H3. The normalized spacial score (nSPS) is 13.3. The molecule has 140 valence electrons. The Bertz CT molecular complexity index is 867. The molecular formula is C24H26O3. The number of unbranched alkanes of at least 4 members (excludes halogenated alkanes) is 1. The van der Waals surface area contributed by atoms with Crippen molar-refractivity contribution in [3.8, 4) is 23.3 Å². The lowest BCUT2D eigenvalue weighted by Crippen LogP contribution is -1.94. The molecule has 0 unspecified atom stereocenters. The van der Waals surface area contributed by atoms with Crippen LogP contribution < -0.4 is 9.47 Å². The van der Waals surface area contributed by atoms with Crippen molar-refractivity contribution in [2.24, 2.45) is 0 Å². The first kappa shape index (κ1) is 19.1. The molecule has 3 heteroatoms. The Morgan fingerprint density at radius 1 is 0.963 bits per heavy atom. The van der Waals surface area contributed by atoms with Crippen LogP contribution in [-0.2, 0) is 6.42 Å². The summed E-state index contributed by atoms with van der Waals surface area (Å²) in [6.45, 7) is 0.173. The van der Waals surface area contributed by atoms with Crippen molar-refractivity contribution in [2.75, 3.05) is 20.8 Å². The van der Waals surface area contributed by atoms with Crippen LogP contribution in [-0.4, -0.2) is 25.9 Å². The van der Waals surface area contributed by atoms with Crippen LogP contribution in [0, 0.1) is 11.8 Å². The van der Waals surface area contributed by atoms with Gasteiger partial charge in [-0.05, 0) is 78.3 Å². The quantitative estimate of drug-likeness (QED) is 0.617. The van der Waals surface area contributed by atoms with Crippen LogP contribution in [0.4, 0.5) is 0 Å². The first-order chi connectivity index (χ1) is 13.3. The molecule has 0 radical (unpaired) electrons. The zero-order chi connectivity index (χ0) is 19.1. The Labute approximate surface area is 161 Å². The molecule has 2 aromatic rings. The predicted octanol–water partition coefficient (Wildman–Crippen LogP) is 4.73. The van der Waals surface area contributed by atoms with Gasteiger partial charge in [-0.25, -0.2) is 0 Å². The molecule has 2 aromatic carbocycles. The number of benzene rings is 2. The van der Waals surface area contributed by atoms with Gasteiger partial charge in [-0.15, -0.1) is 0 Å². The number of hydrogen-bond donors (Lipinski definition) is 1.